The molecule has 0 heterocycles. The minimum atomic E-state index is -0.940. The van der Waals surface area contributed by atoms with Crippen molar-refractivity contribution in [3.8, 4) is 0 Å². The lowest BCUT2D eigenvalue weighted by Gasteiger charge is -2.28. The quantitative estimate of drug-likeness (QED) is 0.586. The lowest BCUT2D eigenvalue weighted by molar-refractivity contribution is -0.146. The van der Waals surface area contributed by atoms with Crippen molar-refractivity contribution >= 4 is 5.97 Å². The Bertz CT molecular complexity index is 162. The Morgan fingerprint density at radius 3 is 2.46 bits per heavy atom. The van der Waals surface area contributed by atoms with Crippen LogP contribution in [0.4, 0.5) is 0 Å². The standard InChI is InChI=1S/C8H17NO4/c1-6(4-10)9(2)7(5-13-3)8(11)12/h6-7,10H,4-5H2,1-3H3,(H,11,12). The molecule has 0 aliphatic carbocycles. The summed E-state index contributed by atoms with van der Waals surface area (Å²) in [4.78, 5) is 12.3. The summed E-state index contributed by atoms with van der Waals surface area (Å²) >= 11 is 0. The molecule has 2 unspecified atom stereocenters. The lowest BCUT2D eigenvalue weighted by Crippen LogP contribution is -2.47. The molecule has 0 saturated carbocycles. The maximum Gasteiger partial charge on any atom is 0.323 e. The molecule has 78 valence electrons. The van der Waals surface area contributed by atoms with Gasteiger partial charge in [-0.05, 0) is 14.0 Å². The minimum Gasteiger partial charge on any atom is -0.480 e. The SMILES string of the molecule is COCC(C(=O)O)N(C)C(C)CO. The maximum atomic E-state index is 10.7. The zero-order valence-electron chi connectivity index (χ0n) is 8.23. The molecule has 0 spiro atoms. The average molecular weight is 191 g/mol. The van der Waals surface area contributed by atoms with E-state index in [1.165, 1.54) is 7.11 Å². The third kappa shape index (κ3) is 3.71. The van der Waals surface area contributed by atoms with Gasteiger partial charge in [0.2, 0.25) is 0 Å². The van der Waals surface area contributed by atoms with Crippen LogP contribution in [0.15, 0.2) is 0 Å². The number of hydrogen-bond donors (Lipinski definition) is 2. The van der Waals surface area contributed by atoms with Crippen molar-refractivity contribution in [3.05, 3.63) is 0 Å². The molecule has 0 radical (unpaired) electrons. The number of likely N-dealkylation sites (N-methyl/N-ethyl adjacent to an activating group) is 1. The van der Waals surface area contributed by atoms with E-state index in [0.29, 0.717) is 0 Å². The molecule has 0 aromatic rings. The number of nitrogens with zero attached hydrogens (tertiary/aromatic N) is 1. The molecular weight excluding hydrogens is 174 g/mol. The van der Waals surface area contributed by atoms with Crippen molar-refractivity contribution in [2.24, 2.45) is 0 Å². The topological polar surface area (TPSA) is 70.0 Å². The number of rotatable bonds is 6. The fourth-order valence-corrected chi connectivity index (χ4v) is 0.957. The summed E-state index contributed by atoms with van der Waals surface area (Å²) in [5.74, 6) is -0.940. The van der Waals surface area contributed by atoms with Crippen LogP contribution in [-0.4, -0.2) is 60.5 Å². The summed E-state index contributed by atoms with van der Waals surface area (Å²) in [5, 5.41) is 17.6. The number of methoxy groups -OCH3 is 1. The van der Waals surface area contributed by atoms with Crippen LogP contribution in [0.1, 0.15) is 6.92 Å². The van der Waals surface area contributed by atoms with Gasteiger partial charge in [-0.2, -0.15) is 0 Å². The number of hydrogen-bond acceptors (Lipinski definition) is 4. The fraction of sp³-hybridized carbons (Fsp3) is 0.875. The molecular formula is C8H17NO4. The Morgan fingerprint density at radius 2 is 2.15 bits per heavy atom. The van der Waals surface area contributed by atoms with Gasteiger partial charge in [0.15, 0.2) is 0 Å². The van der Waals surface area contributed by atoms with Crippen LogP contribution in [0.25, 0.3) is 0 Å². The monoisotopic (exact) mass is 191 g/mol. The van der Waals surface area contributed by atoms with Gasteiger partial charge in [-0.25, -0.2) is 0 Å². The molecule has 0 rings (SSSR count). The Balaban J connectivity index is 4.26. The molecule has 2 N–H and O–H groups in total. The van der Waals surface area contributed by atoms with Crippen LogP contribution in [0, 0.1) is 0 Å². The van der Waals surface area contributed by atoms with Crippen molar-refractivity contribution in [1.29, 1.82) is 0 Å². The molecule has 2 atom stereocenters. The molecule has 0 aliphatic rings. The van der Waals surface area contributed by atoms with E-state index in [9.17, 15) is 4.79 Å². The summed E-state index contributed by atoms with van der Waals surface area (Å²) < 4.78 is 4.78. The van der Waals surface area contributed by atoms with E-state index < -0.39 is 12.0 Å². The summed E-state index contributed by atoms with van der Waals surface area (Å²) in [5.41, 5.74) is 0. The highest BCUT2D eigenvalue weighted by molar-refractivity contribution is 5.73. The van der Waals surface area contributed by atoms with Gasteiger partial charge in [-0.3, -0.25) is 9.69 Å². The van der Waals surface area contributed by atoms with Gasteiger partial charge in [-0.1, -0.05) is 0 Å². The number of carboxylic acids is 1. The van der Waals surface area contributed by atoms with E-state index in [-0.39, 0.29) is 19.3 Å². The first-order valence-corrected chi connectivity index (χ1v) is 4.09. The molecule has 0 saturated heterocycles. The Labute approximate surface area is 77.9 Å². The second-order valence-electron chi connectivity index (χ2n) is 3.01. The molecule has 0 aromatic carbocycles. The van der Waals surface area contributed by atoms with Crippen molar-refractivity contribution in [2.45, 2.75) is 19.0 Å². The van der Waals surface area contributed by atoms with E-state index in [4.69, 9.17) is 14.9 Å². The largest absolute Gasteiger partial charge is 0.480 e. The van der Waals surface area contributed by atoms with E-state index in [1.54, 1.807) is 18.9 Å². The number of aliphatic carboxylic acids is 1. The van der Waals surface area contributed by atoms with Gasteiger partial charge < -0.3 is 14.9 Å². The molecule has 0 aliphatic heterocycles. The minimum absolute atomic E-state index is 0.0655. The summed E-state index contributed by atoms with van der Waals surface area (Å²) in [6.45, 7) is 1.81. The Kier molecular flexibility index (Phi) is 5.61. The number of carboxylic acid groups (broad SMARTS) is 1. The molecule has 5 heteroatoms. The Hall–Kier alpha value is -0.650. The second-order valence-corrected chi connectivity index (χ2v) is 3.01. The predicted octanol–water partition coefficient (Wildman–Crippen LogP) is -0.601. The molecule has 0 fully saturated rings. The summed E-state index contributed by atoms with van der Waals surface area (Å²) in [6.07, 6.45) is 0. The fourth-order valence-electron chi connectivity index (χ4n) is 0.957. The van der Waals surface area contributed by atoms with Crippen LogP contribution in [-0.2, 0) is 9.53 Å². The van der Waals surface area contributed by atoms with Gasteiger partial charge in [-0.15, -0.1) is 0 Å². The highest BCUT2D eigenvalue weighted by Gasteiger charge is 2.25. The first kappa shape index (κ1) is 12.3. The Morgan fingerprint density at radius 1 is 1.62 bits per heavy atom. The number of carbonyl (C=O) groups is 1. The van der Waals surface area contributed by atoms with Gasteiger partial charge in [0.1, 0.15) is 6.04 Å². The van der Waals surface area contributed by atoms with Gasteiger partial charge >= 0.3 is 5.97 Å². The molecule has 0 amide bonds. The zero-order valence-corrected chi connectivity index (χ0v) is 8.23. The van der Waals surface area contributed by atoms with Crippen LogP contribution in [0.3, 0.4) is 0 Å². The number of aliphatic hydroxyl groups excluding tert-OH is 1. The van der Waals surface area contributed by atoms with Crippen molar-refractivity contribution in [3.63, 3.8) is 0 Å². The first-order valence-electron chi connectivity index (χ1n) is 4.09. The number of ether oxygens (including phenoxy) is 1. The highest BCUT2D eigenvalue weighted by Crippen LogP contribution is 2.03. The van der Waals surface area contributed by atoms with Crippen LogP contribution >= 0.6 is 0 Å². The van der Waals surface area contributed by atoms with Gasteiger partial charge in [0.25, 0.3) is 0 Å². The molecule has 13 heavy (non-hydrogen) atoms. The molecule has 0 aromatic heterocycles. The molecule has 0 bridgehead atoms. The van der Waals surface area contributed by atoms with E-state index in [0.717, 1.165) is 0 Å². The van der Waals surface area contributed by atoms with Crippen molar-refractivity contribution in [1.82, 2.24) is 4.90 Å². The third-order valence-corrected chi connectivity index (χ3v) is 2.06. The predicted molar refractivity (Wildman–Crippen MR) is 47.6 cm³/mol. The summed E-state index contributed by atoms with van der Waals surface area (Å²) in [7, 11) is 3.10. The third-order valence-electron chi connectivity index (χ3n) is 2.06. The van der Waals surface area contributed by atoms with Crippen LogP contribution < -0.4 is 0 Å². The number of aliphatic hydroxyl groups is 1. The van der Waals surface area contributed by atoms with Gasteiger partial charge in [0.05, 0.1) is 13.2 Å². The van der Waals surface area contributed by atoms with Gasteiger partial charge in [0, 0.05) is 13.2 Å². The zero-order chi connectivity index (χ0) is 10.4. The average Bonchev–Trinajstić information content (AvgIpc) is 2.11. The van der Waals surface area contributed by atoms with Crippen molar-refractivity contribution in [2.75, 3.05) is 27.4 Å². The second kappa shape index (κ2) is 5.90. The maximum absolute atomic E-state index is 10.7. The van der Waals surface area contributed by atoms with E-state index >= 15 is 0 Å². The van der Waals surface area contributed by atoms with E-state index in [1.807, 2.05) is 0 Å². The smallest absolute Gasteiger partial charge is 0.323 e. The first-order chi connectivity index (χ1) is 6.04. The van der Waals surface area contributed by atoms with Crippen LogP contribution in [0.2, 0.25) is 0 Å². The highest BCUT2D eigenvalue weighted by atomic mass is 16.5. The van der Waals surface area contributed by atoms with Crippen LogP contribution in [0.5, 0.6) is 0 Å². The summed E-state index contributed by atoms with van der Waals surface area (Å²) in [6, 6.07) is -0.886. The lowest BCUT2D eigenvalue weighted by atomic mass is 10.2. The van der Waals surface area contributed by atoms with Crippen molar-refractivity contribution < 1.29 is 19.7 Å². The van der Waals surface area contributed by atoms with E-state index in [2.05, 4.69) is 0 Å². The molecule has 5 nitrogen and oxygen atoms in total. The normalized spacial score (nSPS) is 15.8.